The smallest absolute Gasteiger partial charge is 0.188 e. The molecule has 0 bridgehead atoms. The maximum Gasteiger partial charge on any atom is 0.188 e. The molecule has 0 aliphatic carbocycles. The van der Waals surface area contributed by atoms with Gasteiger partial charge in [-0.05, 0) is 30.4 Å². The van der Waals surface area contributed by atoms with Gasteiger partial charge in [0.1, 0.15) is 0 Å². The summed E-state index contributed by atoms with van der Waals surface area (Å²) in [4.78, 5) is 5.58. The van der Waals surface area contributed by atoms with Crippen LogP contribution in [-0.4, -0.2) is 12.5 Å². The zero-order valence-corrected chi connectivity index (χ0v) is 10.2. The second-order valence-electron chi connectivity index (χ2n) is 3.51. The quantitative estimate of drug-likeness (QED) is 0.459. The highest BCUT2D eigenvalue weighted by molar-refractivity contribution is 7.10. The van der Waals surface area contributed by atoms with Crippen molar-refractivity contribution in [2.45, 2.75) is 33.2 Å². The summed E-state index contributed by atoms with van der Waals surface area (Å²) in [5, 5.41) is 5.18. The van der Waals surface area contributed by atoms with Crippen molar-refractivity contribution >= 4 is 17.3 Å². The highest BCUT2D eigenvalue weighted by atomic mass is 32.1. The van der Waals surface area contributed by atoms with Crippen molar-refractivity contribution in [2.75, 3.05) is 6.54 Å². The highest BCUT2D eigenvalue weighted by Crippen LogP contribution is 2.15. The van der Waals surface area contributed by atoms with E-state index in [1.165, 1.54) is 16.9 Å². The van der Waals surface area contributed by atoms with Gasteiger partial charge in [0, 0.05) is 11.4 Å². The fraction of sp³-hybridized carbons (Fsp3) is 0.545. The summed E-state index contributed by atoms with van der Waals surface area (Å²) < 4.78 is 0. The maximum atomic E-state index is 5.72. The van der Waals surface area contributed by atoms with Gasteiger partial charge in [0.2, 0.25) is 0 Å². The van der Waals surface area contributed by atoms with Crippen LogP contribution in [0.3, 0.4) is 0 Å². The molecule has 0 radical (unpaired) electrons. The molecule has 0 unspecified atom stereocenters. The number of unbranched alkanes of at least 4 members (excludes halogenated alkanes) is 1. The number of aryl methyl sites for hydroxylation is 1. The van der Waals surface area contributed by atoms with Gasteiger partial charge in [-0.25, -0.2) is 4.99 Å². The molecule has 0 aliphatic rings. The van der Waals surface area contributed by atoms with Gasteiger partial charge in [0.15, 0.2) is 5.96 Å². The first kappa shape index (κ1) is 12.0. The molecule has 3 nitrogen and oxygen atoms in total. The molecule has 1 aromatic heterocycles. The molecule has 1 rings (SSSR count). The minimum atomic E-state index is 0.552. The molecule has 1 aromatic rings. The first-order valence-corrected chi connectivity index (χ1v) is 6.18. The van der Waals surface area contributed by atoms with Crippen LogP contribution in [0.15, 0.2) is 16.4 Å². The second-order valence-corrected chi connectivity index (χ2v) is 4.51. The number of hydrogen-bond donors (Lipinski definition) is 2. The fourth-order valence-electron chi connectivity index (χ4n) is 1.17. The molecule has 0 saturated heterocycles. The van der Waals surface area contributed by atoms with Gasteiger partial charge in [-0.2, -0.15) is 0 Å². The number of hydrogen-bond acceptors (Lipinski definition) is 2. The van der Waals surface area contributed by atoms with E-state index in [1.54, 1.807) is 11.3 Å². The van der Waals surface area contributed by atoms with E-state index < -0.39 is 0 Å². The Balaban J connectivity index is 2.34. The molecule has 0 aromatic carbocycles. The van der Waals surface area contributed by atoms with Crippen LogP contribution in [0.4, 0.5) is 0 Å². The van der Waals surface area contributed by atoms with E-state index in [-0.39, 0.29) is 0 Å². The van der Waals surface area contributed by atoms with Crippen LogP contribution in [0.5, 0.6) is 0 Å². The van der Waals surface area contributed by atoms with E-state index in [0.29, 0.717) is 12.5 Å². The molecule has 84 valence electrons. The van der Waals surface area contributed by atoms with Crippen LogP contribution in [0.25, 0.3) is 0 Å². The third-order valence-corrected chi connectivity index (χ3v) is 3.21. The summed E-state index contributed by atoms with van der Waals surface area (Å²) in [6.07, 6.45) is 2.30. The molecule has 15 heavy (non-hydrogen) atoms. The van der Waals surface area contributed by atoms with Crippen molar-refractivity contribution < 1.29 is 0 Å². The summed E-state index contributed by atoms with van der Waals surface area (Å²) in [5.74, 6) is 0.552. The summed E-state index contributed by atoms with van der Waals surface area (Å²) >= 11 is 1.73. The Bertz CT molecular complexity index is 317. The van der Waals surface area contributed by atoms with Gasteiger partial charge in [-0.3, -0.25) is 0 Å². The molecule has 0 atom stereocenters. The second kappa shape index (κ2) is 6.45. The Morgan fingerprint density at radius 2 is 2.40 bits per heavy atom. The van der Waals surface area contributed by atoms with Crippen molar-refractivity contribution in [3.8, 4) is 0 Å². The molecule has 0 amide bonds. The summed E-state index contributed by atoms with van der Waals surface area (Å²) in [6, 6.07) is 2.11. The molecular formula is C11H19N3S. The van der Waals surface area contributed by atoms with E-state index >= 15 is 0 Å². The maximum absolute atomic E-state index is 5.72. The Labute approximate surface area is 95.4 Å². The van der Waals surface area contributed by atoms with E-state index in [9.17, 15) is 0 Å². The topological polar surface area (TPSA) is 50.4 Å². The third kappa shape index (κ3) is 4.34. The molecule has 3 N–H and O–H groups in total. The van der Waals surface area contributed by atoms with E-state index in [1.807, 2.05) is 0 Å². The molecular weight excluding hydrogens is 206 g/mol. The van der Waals surface area contributed by atoms with Crippen molar-refractivity contribution in [3.63, 3.8) is 0 Å². The summed E-state index contributed by atoms with van der Waals surface area (Å²) in [7, 11) is 0. The fourth-order valence-corrected chi connectivity index (χ4v) is 2.00. The normalized spacial score (nSPS) is 11.7. The number of nitrogens with two attached hydrogens (primary N) is 1. The lowest BCUT2D eigenvalue weighted by molar-refractivity contribution is 0.748. The lowest BCUT2D eigenvalue weighted by Gasteiger charge is -2.03. The van der Waals surface area contributed by atoms with E-state index in [4.69, 9.17) is 5.73 Å². The largest absolute Gasteiger partial charge is 0.370 e. The lowest BCUT2D eigenvalue weighted by Crippen LogP contribution is -2.32. The minimum Gasteiger partial charge on any atom is -0.370 e. The summed E-state index contributed by atoms with van der Waals surface area (Å²) in [5.41, 5.74) is 7.02. The molecule has 0 saturated carbocycles. The minimum absolute atomic E-state index is 0.552. The zero-order chi connectivity index (χ0) is 11.1. The molecule has 1 heterocycles. The highest BCUT2D eigenvalue weighted by Gasteiger charge is 1.98. The predicted molar refractivity (Wildman–Crippen MR) is 67.3 cm³/mol. The predicted octanol–water partition coefficient (Wildman–Crippen LogP) is 2.26. The van der Waals surface area contributed by atoms with Gasteiger partial charge < -0.3 is 11.1 Å². The Kier molecular flexibility index (Phi) is 5.18. The molecule has 0 spiro atoms. The molecule has 4 heteroatoms. The molecule has 0 aliphatic heterocycles. The first-order chi connectivity index (χ1) is 7.24. The lowest BCUT2D eigenvalue weighted by atomic mass is 10.3. The van der Waals surface area contributed by atoms with Gasteiger partial charge in [-0.15, -0.1) is 11.3 Å². The zero-order valence-electron chi connectivity index (χ0n) is 9.42. The van der Waals surface area contributed by atoms with Crippen LogP contribution >= 0.6 is 11.3 Å². The van der Waals surface area contributed by atoms with E-state index in [0.717, 1.165) is 13.0 Å². The van der Waals surface area contributed by atoms with Crippen molar-refractivity contribution in [1.82, 2.24) is 5.32 Å². The van der Waals surface area contributed by atoms with Crippen molar-refractivity contribution in [3.05, 3.63) is 21.9 Å². The van der Waals surface area contributed by atoms with Crippen LogP contribution in [0.2, 0.25) is 0 Å². The monoisotopic (exact) mass is 225 g/mol. The Hall–Kier alpha value is -1.03. The number of aliphatic imine (C=N–C) groups is 1. The van der Waals surface area contributed by atoms with Crippen molar-refractivity contribution in [2.24, 2.45) is 10.7 Å². The number of nitrogens with zero attached hydrogens (tertiary/aromatic N) is 1. The van der Waals surface area contributed by atoms with Crippen LogP contribution in [-0.2, 0) is 6.54 Å². The molecule has 0 fully saturated rings. The van der Waals surface area contributed by atoms with Gasteiger partial charge in [-0.1, -0.05) is 13.3 Å². The number of rotatable bonds is 5. The Morgan fingerprint density at radius 1 is 1.60 bits per heavy atom. The van der Waals surface area contributed by atoms with Crippen LogP contribution in [0, 0.1) is 6.92 Å². The van der Waals surface area contributed by atoms with Gasteiger partial charge in [0.25, 0.3) is 0 Å². The first-order valence-electron chi connectivity index (χ1n) is 5.30. The van der Waals surface area contributed by atoms with Crippen LogP contribution in [0.1, 0.15) is 30.2 Å². The Morgan fingerprint density at radius 3 is 3.00 bits per heavy atom. The summed E-state index contributed by atoms with van der Waals surface area (Å²) in [6.45, 7) is 5.86. The standard InChI is InChI=1S/C11H19N3S/c1-3-4-6-13-11(12)14-8-10-9(2)5-7-15-10/h5,7H,3-4,6,8H2,1-2H3,(H3,12,13,14). The third-order valence-electron chi connectivity index (χ3n) is 2.20. The number of nitrogens with one attached hydrogen (secondary N) is 1. The van der Waals surface area contributed by atoms with Gasteiger partial charge in [0.05, 0.1) is 6.54 Å². The SMILES string of the molecule is CCCCNC(N)=NCc1sccc1C. The number of guanidine groups is 1. The van der Waals surface area contributed by atoms with E-state index in [2.05, 4.69) is 35.6 Å². The average molecular weight is 225 g/mol. The van der Waals surface area contributed by atoms with Gasteiger partial charge >= 0.3 is 0 Å². The van der Waals surface area contributed by atoms with Crippen LogP contribution < -0.4 is 11.1 Å². The van der Waals surface area contributed by atoms with Crippen molar-refractivity contribution in [1.29, 1.82) is 0 Å². The average Bonchev–Trinajstić information content (AvgIpc) is 2.61. The number of thiophene rings is 1.